The van der Waals surface area contributed by atoms with E-state index in [9.17, 15) is 10.1 Å². The topological polar surface area (TPSA) is 91.3 Å². The molecule has 0 bridgehead atoms. The highest BCUT2D eigenvalue weighted by Crippen LogP contribution is 2.31. The molecule has 2 N–H and O–H groups in total. The van der Waals surface area contributed by atoms with Crippen LogP contribution in [0.5, 0.6) is 11.6 Å². The predicted molar refractivity (Wildman–Crippen MR) is 79.5 cm³/mol. The first-order valence-corrected chi connectivity index (χ1v) is 6.53. The summed E-state index contributed by atoms with van der Waals surface area (Å²) in [4.78, 5) is 14.7. The third kappa shape index (κ3) is 3.35. The number of nitrogens with two attached hydrogens (primary N) is 1. The van der Waals surface area contributed by atoms with Crippen molar-refractivity contribution in [2.75, 3.05) is 0 Å². The van der Waals surface area contributed by atoms with Crippen molar-refractivity contribution in [2.45, 2.75) is 26.8 Å². The summed E-state index contributed by atoms with van der Waals surface area (Å²) in [6.07, 6.45) is 1.60. The van der Waals surface area contributed by atoms with Gasteiger partial charge in [0.2, 0.25) is 5.88 Å². The van der Waals surface area contributed by atoms with Gasteiger partial charge in [0.15, 0.2) is 0 Å². The molecule has 0 amide bonds. The summed E-state index contributed by atoms with van der Waals surface area (Å²) in [6, 6.07) is 6.55. The second kappa shape index (κ2) is 5.88. The SMILES string of the molecule is Cc1cc(C)c([N+](=O)[O-])cc1Oc1cc([C@@H](C)N)ccn1. The van der Waals surface area contributed by atoms with Crippen LogP contribution in [0.15, 0.2) is 30.5 Å². The van der Waals surface area contributed by atoms with Gasteiger partial charge >= 0.3 is 0 Å². The van der Waals surface area contributed by atoms with Crippen molar-refractivity contribution in [2.24, 2.45) is 5.73 Å². The van der Waals surface area contributed by atoms with Gasteiger partial charge in [0.05, 0.1) is 11.0 Å². The van der Waals surface area contributed by atoms with Crippen LogP contribution in [-0.2, 0) is 0 Å². The Labute approximate surface area is 122 Å². The van der Waals surface area contributed by atoms with Crippen molar-refractivity contribution in [1.29, 1.82) is 0 Å². The van der Waals surface area contributed by atoms with Gasteiger partial charge < -0.3 is 10.5 Å². The maximum atomic E-state index is 11.0. The molecule has 110 valence electrons. The zero-order valence-corrected chi connectivity index (χ0v) is 12.2. The molecule has 1 atom stereocenters. The summed E-state index contributed by atoms with van der Waals surface area (Å²) in [5, 5.41) is 11.0. The molecule has 0 saturated heterocycles. The van der Waals surface area contributed by atoms with Crippen LogP contribution >= 0.6 is 0 Å². The number of nitrogens with zero attached hydrogens (tertiary/aromatic N) is 2. The Morgan fingerprint density at radius 2 is 2.00 bits per heavy atom. The van der Waals surface area contributed by atoms with Crippen LogP contribution < -0.4 is 10.5 Å². The van der Waals surface area contributed by atoms with Gasteiger partial charge in [-0.2, -0.15) is 0 Å². The van der Waals surface area contributed by atoms with Crippen molar-refractivity contribution in [3.63, 3.8) is 0 Å². The van der Waals surface area contributed by atoms with Crippen molar-refractivity contribution in [3.05, 3.63) is 57.3 Å². The summed E-state index contributed by atoms with van der Waals surface area (Å²) in [6.45, 7) is 5.40. The highest BCUT2D eigenvalue weighted by atomic mass is 16.6. The average Bonchev–Trinajstić information content (AvgIpc) is 2.41. The fourth-order valence-electron chi connectivity index (χ4n) is 2.00. The first kappa shape index (κ1) is 14.9. The van der Waals surface area contributed by atoms with E-state index in [-0.39, 0.29) is 11.7 Å². The lowest BCUT2D eigenvalue weighted by atomic mass is 10.1. The van der Waals surface area contributed by atoms with E-state index in [0.717, 1.165) is 11.1 Å². The molecule has 0 fully saturated rings. The van der Waals surface area contributed by atoms with E-state index in [4.69, 9.17) is 10.5 Å². The first-order valence-electron chi connectivity index (χ1n) is 6.53. The van der Waals surface area contributed by atoms with Gasteiger partial charge in [-0.1, -0.05) is 0 Å². The molecule has 0 aliphatic rings. The minimum Gasteiger partial charge on any atom is -0.438 e. The fourth-order valence-corrected chi connectivity index (χ4v) is 2.00. The molecule has 0 aliphatic heterocycles. The Morgan fingerprint density at radius 3 is 2.62 bits per heavy atom. The van der Waals surface area contributed by atoms with Gasteiger partial charge in [0.1, 0.15) is 5.75 Å². The number of pyridine rings is 1. The Kier molecular flexibility index (Phi) is 4.18. The highest BCUT2D eigenvalue weighted by molar-refractivity contribution is 5.50. The third-order valence-corrected chi connectivity index (χ3v) is 3.19. The molecular weight excluding hydrogens is 270 g/mol. The van der Waals surface area contributed by atoms with Gasteiger partial charge in [-0.3, -0.25) is 10.1 Å². The van der Waals surface area contributed by atoms with E-state index in [1.54, 1.807) is 25.3 Å². The number of ether oxygens (including phenoxy) is 1. The van der Waals surface area contributed by atoms with Crippen LogP contribution in [0, 0.1) is 24.0 Å². The van der Waals surface area contributed by atoms with Gasteiger partial charge in [-0.05, 0) is 44.0 Å². The second-order valence-corrected chi connectivity index (χ2v) is 4.98. The Balaban J connectivity index is 2.37. The molecule has 1 aromatic carbocycles. The summed E-state index contributed by atoms with van der Waals surface area (Å²) < 4.78 is 5.67. The molecule has 0 radical (unpaired) electrons. The normalized spacial score (nSPS) is 12.0. The molecule has 21 heavy (non-hydrogen) atoms. The van der Waals surface area contributed by atoms with Gasteiger partial charge in [-0.25, -0.2) is 4.98 Å². The second-order valence-electron chi connectivity index (χ2n) is 4.98. The number of hydrogen-bond donors (Lipinski definition) is 1. The number of benzene rings is 1. The number of aryl methyl sites for hydroxylation is 2. The molecular formula is C15H17N3O3. The van der Waals surface area contributed by atoms with Crippen LogP contribution in [0.1, 0.15) is 29.7 Å². The van der Waals surface area contributed by atoms with Crippen molar-refractivity contribution in [1.82, 2.24) is 4.98 Å². The zero-order chi connectivity index (χ0) is 15.6. The standard InChI is InChI=1S/C15H17N3O3/c1-9-6-10(2)14(8-13(9)18(19)20)21-15-7-12(11(3)16)4-5-17-15/h4-8,11H,16H2,1-3H3/t11-/m1/s1. The first-order chi connectivity index (χ1) is 9.88. The number of nitro benzene ring substituents is 1. The molecule has 2 rings (SSSR count). The quantitative estimate of drug-likeness (QED) is 0.687. The highest BCUT2D eigenvalue weighted by Gasteiger charge is 2.15. The Hall–Kier alpha value is -2.47. The monoisotopic (exact) mass is 287 g/mol. The van der Waals surface area contributed by atoms with Crippen LogP contribution in [-0.4, -0.2) is 9.91 Å². The van der Waals surface area contributed by atoms with Crippen LogP contribution in [0.25, 0.3) is 0 Å². The molecule has 0 unspecified atom stereocenters. The zero-order valence-electron chi connectivity index (χ0n) is 12.2. The van der Waals surface area contributed by atoms with Gasteiger partial charge in [0.25, 0.3) is 5.69 Å². The maximum Gasteiger partial charge on any atom is 0.276 e. The third-order valence-electron chi connectivity index (χ3n) is 3.19. The van der Waals surface area contributed by atoms with Crippen LogP contribution in [0.2, 0.25) is 0 Å². The van der Waals surface area contributed by atoms with Crippen molar-refractivity contribution < 1.29 is 9.66 Å². The molecule has 0 spiro atoms. The minimum atomic E-state index is -0.423. The Morgan fingerprint density at radius 1 is 1.29 bits per heavy atom. The molecule has 0 aliphatic carbocycles. The lowest BCUT2D eigenvalue weighted by Gasteiger charge is -2.11. The predicted octanol–water partition coefficient (Wildman–Crippen LogP) is 3.42. The molecule has 6 heteroatoms. The largest absolute Gasteiger partial charge is 0.438 e. The van der Waals surface area contributed by atoms with Crippen molar-refractivity contribution >= 4 is 5.69 Å². The summed E-state index contributed by atoms with van der Waals surface area (Å²) in [7, 11) is 0. The molecule has 0 saturated carbocycles. The van der Waals surface area contributed by atoms with Gasteiger partial charge in [0, 0.05) is 23.9 Å². The smallest absolute Gasteiger partial charge is 0.276 e. The number of rotatable bonds is 4. The lowest BCUT2D eigenvalue weighted by molar-refractivity contribution is -0.385. The lowest BCUT2D eigenvalue weighted by Crippen LogP contribution is -2.05. The van der Waals surface area contributed by atoms with Gasteiger partial charge in [-0.15, -0.1) is 0 Å². The number of aromatic nitrogens is 1. The summed E-state index contributed by atoms with van der Waals surface area (Å²) >= 11 is 0. The average molecular weight is 287 g/mol. The molecule has 2 aromatic rings. The molecule has 6 nitrogen and oxygen atoms in total. The van der Waals surface area contributed by atoms with E-state index >= 15 is 0 Å². The van der Waals surface area contributed by atoms with E-state index in [1.165, 1.54) is 6.07 Å². The summed E-state index contributed by atoms with van der Waals surface area (Å²) in [5.41, 5.74) is 8.14. The number of nitro groups is 1. The molecule has 1 aromatic heterocycles. The maximum absolute atomic E-state index is 11.0. The van der Waals surface area contributed by atoms with Crippen LogP contribution in [0.4, 0.5) is 5.69 Å². The van der Waals surface area contributed by atoms with E-state index in [0.29, 0.717) is 17.2 Å². The van der Waals surface area contributed by atoms with E-state index < -0.39 is 4.92 Å². The number of hydrogen-bond acceptors (Lipinski definition) is 5. The minimum absolute atomic E-state index is 0.0268. The summed E-state index contributed by atoms with van der Waals surface area (Å²) in [5.74, 6) is 0.785. The fraction of sp³-hybridized carbons (Fsp3) is 0.267. The van der Waals surface area contributed by atoms with E-state index in [2.05, 4.69) is 4.98 Å². The Bertz CT molecular complexity index is 684. The van der Waals surface area contributed by atoms with Crippen LogP contribution in [0.3, 0.4) is 0 Å². The molecule has 1 heterocycles. The van der Waals surface area contributed by atoms with Crippen molar-refractivity contribution in [3.8, 4) is 11.6 Å². The van der Waals surface area contributed by atoms with E-state index in [1.807, 2.05) is 19.9 Å².